The largest absolute Gasteiger partial charge is 0.376 e. The summed E-state index contributed by atoms with van der Waals surface area (Å²) in [6, 6.07) is 29.6. The lowest BCUT2D eigenvalue weighted by Gasteiger charge is -2.33. The van der Waals surface area contributed by atoms with E-state index in [9.17, 15) is 0 Å². The highest BCUT2D eigenvalue weighted by Crippen LogP contribution is 2.50. The van der Waals surface area contributed by atoms with Crippen molar-refractivity contribution in [1.82, 2.24) is 0 Å². The van der Waals surface area contributed by atoms with Gasteiger partial charge in [-0.1, -0.05) is 199 Å². The van der Waals surface area contributed by atoms with Gasteiger partial charge < -0.3 is 10.6 Å². The van der Waals surface area contributed by atoms with Gasteiger partial charge in [-0.05, 0) is 167 Å². The zero-order valence-corrected chi connectivity index (χ0v) is 44.6. The third-order valence-electron chi connectivity index (χ3n) is 14.6. The highest BCUT2D eigenvalue weighted by molar-refractivity contribution is 5.79. The Morgan fingerprint density at radius 1 is 0.323 bits per heavy atom. The van der Waals surface area contributed by atoms with Gasteiger partial charge in [0.05, 0.1) is 23.5 Å². The molecule has 0 radical (unpaired) electrons. The predicted octanol–water partition coefficient (Wildman–Crippen LogP) is 20.0. The van der Waals surface area contributed by atoms with Gasteiger partial charge >= 0.3 is 0 Å². The van der Waals surface area contributed by atoms with E-state index in [-0.39, 0.29) is 12.1 Å². The first-order chi connectivity index (χ1) is 30.5. The molecule has 2 N–H and O–H groups in total. The SMILES string of the molecule is CC(C)c1cc(C(C)C)c(-c2cc(C(C)C)c(C3CC(c4c(C(C)C)cc(-c5c(C(C)C)cc(C(C)C)cc5C(C)C)cc4C(C)C)Nc4ccccc4N3)c(C(C)C)c2)c(C(C)C)c1. The third kappa shape index (κ3) is 10.3. The summed E-state index contributed by atoms with van der Waals surface area (Å²) >= 11 is 0. The van der Waals surface area contributed by atoms with Crippen LogP contribution in [-0.4, -0.2) is 0 Å². The van der Waals surface area contributed by atoms with Crippen LogP contribution in [0.15, 0.2) is 72.8 Å². The lowest BCUT2D eigenvalue weighted by molar-refractivity contribution is 0.592. The molecule has 2 heteroatoms. The Morgan fingerprint density at radius 2 is 0.569 bits per heavy atom. The summed E-state index contributed by atoms with van der Waals surface area (Å²) < 4.78 is 0. The second kappa shape index (κ2) is 20.3. The van der Waals surface area contributed by atoms with Crippen molar-refractivity contribution >= 4 is 11.4 Å². The fourth-order valence-electron chi connectivity index (χ4n) is 10.8. The van der Waals surface area contributed by atoms with Crippen molar-refractivity contribution in [1.29, 1.82) is 0 Å². The molecule has 2 unspecified atom stereocenters. The molecule has 0 spiro atoms. The third-order valence-corrected chi connectivity index (χ3v) is 14.6. The Balaban J connectivity index is 1.63. The number of anilines is 2. The summed E-state index contributed by atoms with van der Waals surface area (Å²) in [7, 11) is 0. The summed E-state index contributed by atoms with van der Waals surface area (Å²) in [6.07, 6.45) is 0.932. The van der Waals surface area contributed by atoms with Crippen molar-refractivity contribution in [3.63, 3.8) is 0 Å². The number of hydrogen-bond donors (Lipinski definition) is 2. The van der Waals surface area contributed by atoms with E-state index < -0.39 is 0 Å². The summed E-state index contributed by atoms with van der Waals surface area (Å²) in [4.78, 5) is 0. The fourth-order valence-corrected chi connectivity index (χ4v) is 10.8. The van der Waals surface area contributed by atoms with Gasteiger partial charge in [0.25, 0.3) is 0 Å². The van der Waals surface area contributed by atoms with E-state index in [1.807, 2.05) is 0 Å². The molecule has 0 saturated carbocycles. The minimum atomic E-state index is 0.0980. The topological polar surface area (TPSA) is 24.1 Å². The fraction of sp³-hybridized carbons (Fsp3) is 0.524. The number of rotatable bonds is 14. The molecular formula is C63H88N2. The quantitative estimate of drug-likeness (QED) is 0.116. The first-order valence-corrected chi connectivity index (χ1v) is 25.9. The number of nitrogens with one attached hydrogen (secondary N) is 2. The zero-order valence-electron chi connectivity index (χ0n) is 44.6. The molecule has 0 aliphatic carbocycles. The van der Waals surface area contributed by atoms with Crippen molar-refractivity contribution in [3.05, 3.63) is 140 Å². The van der Waals surface area contributed by atoms with Crippen LogP contribution in [0.4, 0.5) is 11.4 Å². The molecule has 5 aromatic carbocycles. The van der Waals surface area contributed by atoms with Crippen LogP contribution in [0.1, 0.15) is 283 Å². The Bertz CT molecular complexity index is 2160. The number of para-hydroxylation sites is 2. The van der Waals surface area contributed by atoms with Crippen LogP contribution < -0.4 is 10.6 Å². The zero-order chi connectivity index (χ0) is 47.9. The minimum Gasteiger partial charge on any atom is -0.376 e. The first kappa shape index (κ1) is 50.1. The van der Waals surface area contributed by atoms with Gasteiger partial charge in [0.1, 0.15) is 0 Å². The first-order valence-electron chi connectivity index (χ1n) is 25.9. The summed E-state index contributed by atoms with van der Waals surface area (Å²) in [5.41, 5.74) is 25.7. The minimum absolute atomic E-state index is 0.0980. The Hall–Kier alpha value is -4.30. The Kier molecular flexibility index (Phi) is 15.6. The summed E-state index contributed by atoms with van der Waals surface area (Å²) in [5, 5.41) is 8.46. The van der Waals surface area contributed by atoms with Crippen molar-refractivity contribution in [2.45, 2.75) is 216 Å². The van der Waals surface area contributed by atoms with Gasteiger partial charge in [-0.15, -0.1) is 0 Å². The summed E-state index contributed by atoms with van der Waals surface area (Å²) in [6.45, 7) is 47.7. The molecule has 0 fully saturated rings. The molecule has 2 atom stereocenters. The maximum atomic E-state index is 4.23. The van der Waals surface area contributed by atoms with Crippen molar-refractivity contribution in [2.75, 3.05) is 10.6 Å². The van der Waals surface area contributed by atoms with Gasteiger partial charge in [0.2, 0.25) is 0 Å². The average Bonchev–Trinajstić information content (AvgIpc) is 3.43. The molecule has 2 nitrogen and oxygen atoms in total. The van der Waals surface area contributed by atoms with Crippen LogP contribution in [0.3, 0.4) is 0 Å². The van der Waals surface area contributed by atoms with E-state index >= 15 is 0 Å². The maximum absolute atomic E-state index is 4.23. The van der Waals surface area contributed by atoms with Crippen LogP contribution in [0, 0.1) is 0 Å². The Labute approximate surface area is 398 Å². The van der Waals surface area contributed by atoms with Gasteiger partial charge in [-0.3, -0.25) is 0 Å². The highest BCUT2D eigenvalue weighted by Gasteiger charge is 2.34. The maximum Gasteiger partial charge on any atom is 0.0581 e. The van der Waals surface area contributed by atoms with Gasteiger partial charge in [-0.2, -0.15) is 0 Å². The van der Waals surface area contributed by atoms with Gasteiger partial charge in [-0.25, -0.2) is 0 Å². The van der Waals surface area contributed by atoms with Crippen LogP contribution in [0.2, 0.25) is 0 Å². The van der Waals surface area contributed by atoms with Gasteiger partial charge in [0.15, 0.2) is 0 Å². The second-order valence-electron chi connectivity index (χ2n) is 23.0. The van der Waals surface area contributed by atoms with E-state index in [1.165, 1.54) is 100 Å². The van der Waals surface area contributed by atoms with Crippen LogP contribution in [0.5, 0.6) is 0 Å². The molecular weight excluding hydrogens is 785 g/mol. The molecule has 1 aliphatic heterocycles. The van der Waals surface area contributed by atoms with Crippen molar-refractivity contribution < 1.29 is 0 Å². The van der Waals surface area contributed by atoms with E-state index in [0.29, 0.717) is 59.2 Å². The Morgan fingerprint density at radius 3 is 0.785 bits per heavy atom. The van der Waals surface area contributed by atoms with Crippen LogP contribution in [0.25, 0.3) is 22.3 Å². The van der Waals surface area contributed by atoms with Crippen LogP contribution >= 0.6 is 0 Å². The number of benzene rings is 5. The summed E-state index contributed by atoms with van der Waals surface area (Å²) in [5.74, 6) is 4.03. The molecule has 1 aliphatic rings. The van der Waals surface area contributed by atoms with E-state index in [4.69, 9.17) is 0 Å². The van der Waals surface area contributed by atoms with E-state index in [2.05, 4.69) is 222 Å². The van der Waals surface area contributed by atoms with Crippen molar-refractivity contribution in [3.8, 4) is 22.3 Å². The monoisotopic (exact) mass is 873 g/mol. The molecule has 0 bridgehead atoms. The van der Waals surface area contributed by atoms with Crippen LogP contribution in [-0.2, 0) is 0 Å². The second-order valence-corrected chi connectivity index (χ2v) is 23.0. The number of fused-ring (bicyclic) bond motifs is 1. The van der Waals surface area contributed by atoms with Crippen molar-refractivity contribution in [2.24, 2.45) is 0 Å². The van der Waals surface area contributed by atoms with E-state index in [0.717, 1.165) is 6.42 Å². The molecule has 1 heterocycles. The van der Waals surface area contributed by atoms with Gasteiger partial charge in [0, 0.05) is 0 Å². The molecule has 350 valence electrons. The molecule has 0 aromatic heterocycles. The molecule has 0 saturated heterocycles. The standard InChI is InChI=1S/C63H88N2/c1-34(2)44-25-48(36(5)6)60(49(26-44)37(7)8)46-29-52(40(13)14)62(53(30-46)41(15)16)58-33-59(65-57-24-22-21-23-56(57)64-58)63-54(42(17)18)31-47(32-55(63)43(19)20)61-50(38(9)10)27-45(35(3)4)28-51(61)39(11)12/h21-32,34-43,58-59,64-65H,33H2,1-20H3. The lowest BCUT2D eigenvalue weighted by atomic mass is 9.75. The molecule has 65 heavy (non-hydrogen) atoms. The van der Waals surface area contributed by atoms with E-state index in [1.54, 1.807) is 0 Å². The lowest BCUT2D eigenvalue weighted by Crippen LogP contribution is -2.22. The highest BCUT2D eigenvalue weighted by atomic mass is 15.0. The predicted molar refractivity (Wildman–Crippen MR) is 288 cm³/mol. The smallest absolute Gasteiger partial charge is 0.0581 e. The number of hydrogen-bond acceptors (Lipinski definition) is 2. The average molecular weight is 873 g/mol. The normalized spacial score (nSPS) is 15.7. The molecule has 5 aromatic rings. The molecule has 6 rings (SSSR count). The molecule has 0 amide bonds.